The first-order valence-electron chi connectivity index (χ1n) is 13.7. The molecule has 5 aromatic rings. The van der Waals surface area contributed by atoms with E-state index in [-0.39, 0.29) is 46.3 Å². The molecule has 0 saturated heterocycles. The van der Waals surface area contributed by atoms with Gasteiger partial charge in [0.2, 0.25) is 10.0 Å². The number of furan rings is 1. The first-order chi connectivity index (χ1) is 20.9. The number of halogens is 2. The van der Waals surface area contributed by atoms with Crippen molar-refractivity contribution in [1.29, 1.82) is 0 Å². The SMILES string of the molecule is CNC(=O)c1c(-c2ccc(F)cc2)oc2cc(N(C)S(C)(=O)=O)c(-c3ccc(C)c(C(=O)CCc4ccc(F)cc4)n3)cc12. The minimum absolute atomic E-state index is 0.127. The predicted octanol–water partition coefficient (Wildman–Crippen LogP) is 6.32. The molecule has 0 bridgehead atoms. The van der Waals surface area contributed by atoms with Crippen molar-refractivity contribution in [3.05, 3.63) is 107 Å². The van der Waals surface area contributed by atoms with Gasteiger partial charge in [0.25, 0.3) is 5.91 Å². The third kappa shape index (κ3) is 6.09. The summed E-state index contributed by atoms with van der Waals surface area (Å²) in [5.74, 6) is -1.34. The number of fused-ring (bicyclic) bond motifs is 1. The molecule has 2 aromatic heterocycles. The summed E-state index contributed by atoms with van der Waals surface area (Å²) in [6.45, 7) is 1.75. The lowest BCUT2D eigenvalue weighted by Crippen LogP contribution is -2.25. The van der Waals surface area contributed by atoms with Gasteiger partial charge in [0, 0.05) is 43.1 Å². The zero-order valence-corrected chi connectivity index (χ0v) is 25.3. The Morgan fingerprint density at radius 3 is 2.20 bits per heavy atom. The maximum atomic E-state index is 13.7. The summed E-state index contributed by atoms with van der Waals surface area (Å²) in [6, 6.07) is 17.9. The van der Waals surface area contributed by atoms with E-state index in [0.29, 0.717) is 34.2 Å². The smallest absolute Gasteiger partial charge is 0.255 e. The average molecular weight is 618 g/mol. The van der Waals surface area contributed by atoms with E-state index in [4.69, 9.17) is 4.42 Å². The number of carbonyl (C=O) groups is 2. The molecule has 8 nitrogen and oxygen atoms in total. The van der Waals surface area contributed by atoms with Crippen molar-refractivity contribution in [2.24, 2.45) is 0 Å². The number of carbonyl (C=O) groups excluding carboxylic acids is 2. The standard InChI is InChI=1S/C33H29F2N3O5S/c1-19-5-15-26(37-31(19)28(39)16-8-20-6-11-22(34)12-7-20)24-17-25-29(18-27(24)38(3)44(4,41)42)43-32(30(25)33(40)36-2)21-9-13-23(35)14-10-21/h5-7,9-15,17-18H,8,16H2,1-4H3,(H,36,40). The highest BCUT2D eigenvalue weighted by molar-refractivity contribution is 7.92. The molecule has 11 heteroatoms. The summed E-state index contributed by atoms with van der Waals surface area (Å²) in [6.07, 6.45) is 1.56. The van der Waals surface area contributed by atoms with Gasteiger partial charge in [-0.25, -0.2) is 22.2 Å². The van der Waals surface area contributed by atoms with Crippen LogP contribution in [0.2, 0.25) is 0 Å². The number of ketones is 1. The number of hydrogen-bond donors (Lipinski definition) is 1. The van der Waals surface area contributed by atoms with Crippen molar-refractivity contribution in [2.75, 3.05) is 24.7 Å². The number of aryl methyl sites for hydroxylation is 2. The topological polar surface area (TPSA) is 110 Å². The van der Waals surface area contributed by atoms with Gasteiger partial charge in [0.1, 0.15) is 28.7 Å². The molecule has 3 aromatic carbocycles. The highest BCUT2D eigenvalue weighted by atomic mass is 32.2. The lowest BCUT2D eigenvalue weighted by atomic mass is 9.99. The summed E-state index contributed by atoms with van der Waals surface area (Å²) in [4.78, 5) is 31.1. The Bertz CT molecular complexity index is 2000. The Kier molecular flexibility index (Phi) is 8.33. The monoisotopic (exact) mass is 617 g/mol. The first kappa shape index (κ1) is 30.6. The van der Waals surface area contributed by atoms with E-state index in [1.54, 1.807) is 37.3 Å². The van der Waals surface area contributed by atoms with Crippen molar-refractivity contribution in [3.8, 4) is 22.6 Å². The van der Waals surface area contributed by atoms with E-state index < -0.39 is 21.7 Å². The summed E-state index contributed by atoms with van der Waals surface area (Å²) < 4.78 is 59.5. The minimum atomic E-state index is -3.76. The lowest BCUT2D eigenvalue weighted by molar-refractivity contribution is 0.0961. The van der Waals surface area contributed by atoms with Crippen LogP contribution in [-0.2, 0) is 16.4 Å². The molecule has 0 saturated carbocycles. The normalized spacial score (nSPS) is 11.5. The van der Waals surface area contributed by atoms with Crippen molar-refractivity contribution >= 4 is 38.4 Å². The van der Waals surface area contributed by atoms with Crippen molar-refractivity contribution in [2.45, 2.75) is 19.8 Å². The Hall–Kier alpha value is -4.90. The predicted molar refractivity (Wildman–Crippen MR) is 165 cm³/mol. The van der Waals surface area contributed by atoms with Crippen LogP contribution in [0.5, 0.6) is 0 Å². The van der Waals surface area contributed by atoms with Crippen LogP contribution in [-0.4, -0.2) is 45.4 Å². The highest BCUT2D eigenvalue weighted by Crippen LogP contribution is 2.41. The number of nitrogens with one attached hydrogen (secondary N) is 1. The maximum Gasteiger partial charge on any atom is 0.255 e. The van der Waals surface area contributed by atoms with E-state index in [9.17, 15) is 26.8 Å². The fourth-order valence-corrected chi connectivity index (χ4v) is 5.43. The Morgan fingerprint density at radius 2 is 1.59 bits per heavy atom. The van der Waals surface area contributed by atoms with Gasteiger partial charge in [0.05, 0.1) is 23.2 Å². The van der Waals surface area contributed by atoms with Crippen molar-refractivity contribution < 1.29 is 31.2 Å². The number of aromatic nitrogens is 1. The molecule has 0 aliphatic heterocycles. The largest absolute Gasteiger partial charge is 0.455 e. The molecule has 226 valence electrons. The van der Waals surface area contributed by atoms with Crippen LogP contribution < -0.4 is 9.62 Å². The molecule has 5 rings (SSSR count). The highest BCUT2D eigenvalue weighted by Gasteiger charge is 2.27. The maximum absolute atomic E-state index is 13.7. The molecule has 0 atom stereocenters. The fraction of sp³-hybridized carbons (Fsp3) is 0.182. The summed E-state index contributed by atoms with van der Waals surface area (Å²) in [7, 11) is -0.917. The number of nitrogens with zero attached hydrogens (tertiary/aromatic N) is 2. The number of hydrogen-bond acceptors (Lipinski definition) is 6. The van der Waals surface area contributed by atoms with Gasteiger partial charge >= 0.3 is 0 Å². The van der Waals surface area contributed by atoms with E-state index in [1.807, 2.05) is 0 Å². The molecule has 0 radical (unpaired) electrons. The summed E-state index contributed by atoms with van der Waals surface area (Å²) >= 11 is 0. The molecule has 2 heterocycles. The number of Topliss-reactive ketones (excluding diaryl/α,β-unsaturated/α-hetero) is 1. The molecule has 0 aliphatic carbocycles. The van der Waals surface area contributed by atoms with Crippen LogP contribution in [0.4, 0.5) is 14.5 Å². The first-order valence-corrected chi connectivity index (χ1v) is 15.5. The number of amides is 1. The average Bonchev–Trinajstić information content (AvgIpc) is 3.37. The second-order valence-electron chi connectivity index (χ2n) is 10.4. The fourth-order valence-electron chi connectivity index (χ4n) is 4.92. The van der Waals surface area contributed by atoms with Gasteiger partial charge in [-0.3, -0.25) is 13.9 Å². The van der Waals surface area contributed by atoms with E-state index >= 15 is 0 Å². The van der Waals surface area contributed by atoms with Crippen molar-refractivity contribution in [3.63, 3.8) is 0 Å². The van der Waals surface area contributed by atoms with Crippen LogP contribution in [0.15, 0.2) is 77.2 Å². The van der Waals surface area contributed by atoms with Crippen molar-refractivity contribution in [1.82, 2.24) is 10.3 Å². The second kappa shape index (κ2) is 12.0. The lowest BCUT2D eigenvalue weighted by Gasteiger charge is -2.20. The molecule has 1 amide bonds. The molecular weight excluding hydrogens is 588 g/mol. The van der Waals surface area contributed by atoms with Gasteiger partial charge < -0.3 is 9.73 Å². The third-order valence-electron chi connectivity index (χ3n) is 7.39. The number of anilines is 1. The second-order valence-corrected chi connectivity index (χ2v) is 12.4. The van der Waals surface area contributed by atoms with Crippen LogP contribution in [0.25, 0.3) is 33.6 Å². The van der Waals surface area contributed by atoms with Crippen LogP contribution in [0.1, 0.15) is 38.4 Å². The number of sulfonamides is 1. The number of pyridine rings is 1. The summed E-state index contributed by atoms with van der Waals surface area (Å²) in [5, 5.41) is 2.97. The van der Waals surface area contributed by atoms with Gasteiger partial charge in [-0.05, 0) is 73.0 Å². The quantitative estimate of drug-likeness (QED) is 0.194. The minimum Gasteiger partial charge on any atom is -0.455 e. The number of benzene rings is 3. The molecule has 0 aliphatic rings. The Morgan fingerprint density at radius 1 is 0.955 bits per heavy atom. The molecule has 0 unspecified atom stereocenters. The molecule has 44 heavy (non-hydrogen) atoms. The molecular formula is C33H29F2N3O5S. The van der Waals surface area contributed by atoms with Gasteiger partial charge in [0.15, 0.2) is 5.78 Å². The third-order valence-corrected chi connectivity index (χ3v) is 8.59. The van der Waals surface area contributed by atoms with Crippen LogP contribution in [0.3, 0.4) is 0 Å². The van der Waals surface area contributed by atoms with E-state index in [1.165, 1.54) is 56.6 Å². The van der Waals surface area contributed by atoms with E-state index in [2.05, 4.69) is 10.3 Å². The van der Waals surface area contributed by atoms with Crippen LogP contribution in [0, 0.1) is 18.6 Å². The molecule has 1 N–H and O–H groups in total. The zero-order chi connectivity index (χ0) is 31.8. The zero-order valence-electron chi connectivity index (χ0n) is 24.4. The molecule has 0 spiro atoms. The van der Waals surface area contributed by atoms with Crippen LogP contribution >= 0.6 is 0 Å². The Labute approximate surface area is 253 Å². The Balaban J connectivity index is 1.67. The van der Waals surface area contributed by atoms with E-state index in [0.717, 1.165) is 16.1 Å². The van der Waals surface area contributed by atoms with Gasteiger partial charge in [-0.1, -0.05) is 18.2 Å². The number of rotatable bonds is 9. The van der Waals surface area contributed by atoms with Gasteiger partial charge in [-0.15, -0.1) is 0 Å². The molecule has 0 fully saturated rings. The van der Waals surface area contributed by atoms with Gasteiger partial charge in [-0.2, -0.15) is 0 Å². The summed E-state index contributed by atoms with van der Waals surface area (Å²) in [5.41, 5.74) is 3.34.